The van der Waals surface area contributed by atoms with Crippen molar-refractivity contribution in [2.45, 2.75) is 116 Å². The summed E-state index contributed by atoms with van der Waals surface area (Å²) in [5.74, 6) is -0.154. The van der Waals surface area contributed by atoms with E-state index >= 15 is 0 Å². The van der Waals surface area contributed by atoms with Crippen LogP contribution in [0.25, 0.3) is 0 Å². The van der Waals surface area contributed by atoms with Crippen LogP contribution in [0.2, 0.25) is 0 Å². The second-order valence-corrected chi connectivity index (χ2v) is 11.9. The summed E-state index contributed by atoms with van der Waals surface area (Å²) >= 11 is 3.50. The van der Waals surface area contributed by atoms with E-state index in [1.807, 2.05) is 32.9 Å². The van der Waals surface area contributed by atoms with Crippen molar-refractivity contribution < 1.29 is 14.3 Å². The van der Waals surface area contributed by atoms with Crippen LogP contribution < -0.4 is 4.90 Å². The number of carbonyl (C=O) groups excluding carboxylic acids is 2. The summed E-state index contributed by atoms with van der Waals surface area (Å²) in [6.45, 7) is 6.23. The molecule has 212 valence electrons. The molecule has 1 heterocycles. The third-order valence-corrected chi connectivity index (χ3v) is 7.10. The van der Waals surface area contributed by atoms with Crippen molar-refractivity contribution in [2.24, 2.45) is 0 Å². The Morgan fingerprint density at radius 1 is 0.816 bits per heavy atom. The summed E-state index contributed by atoms with van der Waals surface area (Å²) < 4.78 is 7.11. The fraction of sp³-hybridized carbons (Fsp3) is 0.645. The maximum absolute atomic E-state index is 13.0. The van der Waals surface area contributed by atoms with Crippen molar-refractivity contribution in [3.63, 3.8) is 0 Å². The maximum Gasteiger partial charge on any atom is 0.414 e. The predicted molar refractivity (Wildman–Crippen MR) is 160 cm³/mol. The van der Waals surface area contributed by atoms with Gasteiger partial charge in [0.25, 0.3) is 5.91 Å². The summed E-state index contributed by atoms with van der Waals surface area (Å²) in [7, 11) is 0. The molecular formula is C31H48BrN3O3. The first-order valence-electron chi connectivity index (χ1n) is 14.5. The molecule has 1 aromatic heterocycles. The molecule has 0 aliphatic rings. The molecule has 0 bridgehead atoms. The lowest BCUT2D eigenvalue weighted by molar-refractivity contribution is 0.0579. The number of alkyl halides is 1. The lowest BCUT2D eigenvalue weighted by Gasteiger charge is -2.27. The summed E-state index contributed by atoms with van der Waals surface area (Å²) in [4.78, 5) is 31.1. The minimum Gasteiger partial charge on any atom is -0.443 e. The number of amides is 1. The fourth-order valence-electron chi connectivity index (χ4n) is 4.44. The molecule has 0 spiro atoms. The average molecular weight is 591 g/mol. The third-order valence-electron chi connectivity index (χ3n) is 6.54. The van der Waals surface area contributed by atoms with E-state index in [2.05, 4.69) is 20.9 Å². The molecule has 0 aliphatic heterocycles. The van der Waals surface area contributed by atoms with Gasteiger partial charge in [0.05, 0.1) is 0 Å². The van der Waals surface area contributed by atoms with Gasteiger partial charge in [-0.2, -0.15) is 0 Å². The van der Waals surface area contributed by atoms with Crippen molar-refractivity contribution in [2.75, 3.05) is 16.8 Å². The summed E-state index contributed by atoms with van der Waals surface area (Å²) in [6.07, 6.45) is 22.4. The molecule has 0 fully saturated rings. The molecule has 7 heteroatoms. The Morgan fingerprint density at radius 3 is 1.76 bits per heavy atom. The number of nitrogens with zero attached hydrogens (tertiary/aromatic N) is 3. The van der Waals surface area contributed by atoms with Gasteiger partial charge in [-0.3, -0.25) is 14.3 Å². The molecule has 0 radical (unpaired) electrons. The second kappa shape index (κ2) is 18.2. The first-order valence-corrected chi connectivity index (χ1v) is 15.6. The highest BCUT2D eigenvalue weighted by atomic mass is 79.9. The molecule has 0 unspecified atom stereocenters. The minimum atomic E-state index is -0.569. The van der Waals surface area contributed by atoms with Crippen LogP contribution in [0.5, 0.6) is 0 Å². The topological polar surface area (TPSA) is 64.4 Å². The minimum absolute atomic E-state index is 0.154. The summed E-state index contributed by atoms with van der Waals surface area (Å²) in [5.41, 5.74) is 0.714. The first-order chi connectivity index (χ1) is 18.3. The van der Waals surface area contributed by atoms with E-state index in [0.29, 0.717) is 12.1 Å². The number of benzene rings is 1. The van der Waals surface area contributed by atoms with Crippen molar-refractivity contribution in [1.29, 1.82) is 0 Å². The Morgan fingerprint density at radius 2 is 1.32 bits per heavy atom. The molecule has 2 aromatic rings. The van der Waals surface area contributed by atoms with Crippen molar-refractivity contribution in [3.05, 3.63) is 48.5 Å². The molecule has 0 N–H and O–H groups in total. The molecule has 2 rings (SSSR count). The molecule has 0 saturated carbocycles. The number of unbranched alkanes of at least 4 members (excludes halogenated alkanes) is 13. The lowest BCUT2D eigenvalue weighted by atomic mass is 10.0. The third kappa shape index (κ3) is 13.1. The van der Waals surface area contributed by atoms with Gasteiger partial charge in [-0.15, -0.1) is 0 Å². The van der Waals surface area contributed by atoms with Crippen LogP contribution >= 0.6 is 15.9 Å². The molecule has 1 aromatic carbocycles. The van der Waals surface area contributed by atoms with E-state index < -0.39 is 5.60 Å². The smallest absolute Gasteiger partial charge is 0.414 e. The fourth-order valence-corrected chi connectivity index (χ4v) is 4.84. The van der Waals surface area contributed by atoms with E-state index in [1.54, 1.807) is 29.4 Å². The number of hydrogen-bond donors (Lipinski definition) is 0. The van der Waals surface area contributed by atoms with Gasteiger partial charge >= 0.3 is 6.09 Å². The van der Waals surface area contributed by atoms with E-state index in [4.69, 9.17) is 4.74 Å². The highest BCUT2D eigenvalue weighted by molar-refractivity contribution is 9.09. The number of halogens is 1. The molecule has 0 aliphatic carbocycles. The number of rotatable bonds is 18. The Bertz CT molecular complexity index is 907. The van der Waals surface area contributed by atoms with E-state index in [0.717, 1.165) is 23.9 Å². The van der Waals surface area contributed by atoms with E-state index in [1.165, 1.54) is 87.9 Å². The zero-order chi connectivity index (χ0) is 27.6. The number of imidazole rings is 1. The highest BCUT2D eigenvalue weighted by Crippen LogP contribution is 2.21. The maximum atomic E-state index is 13.0. The van der Waals surface area contributed by atoms with Crippen LogP contribution in [0, 0.1) is 0 Å². The number of aromatic nitrogens is 2. The average Bonchev–Trinajstić information content (AvgIpc) is 3.42. The number of hydrogen-bond acceptors (Lipinski definition) is 4. The first kappa shape index (κ1) is 32.1. The van der Waals surface area contributed by atoms with Crippen LogP contribution in [0.15, 0.2) is 43.0 Å². The van der Waals surface area contributed by atoms with Gasteiger partial charge in [0.15, 0.2) is 0 Å². The van der Waals surface area contributed by atoms with Gasteiger partial charge < -0.3 is 4.74 Å². The summed E-state index contributed by atoms with van der Waals surface area (Å²) in [6, 6.07) is 7.13. The normalized spacial score (nSPS) is 11.5. The van der Waals surface area contributed by atoms with Crippen LogP contribution in [0.3, 0.4) is 0 Å². The Balaban J connectivity index is 1.70. The zero-order valence-electron chi connectivity index (χ0n) is 23.8. The Kier molecular flexibility index (Phi) is 15.4. The van der Waals surface area contributed by atoms with Gasteiger partial charge in [0, 0.05) is 35.5 Å². The van der Waals surface area contributed by atoms with Crippen LogP contribution in [-0.4, -0.2) is 39.0 Å². The number of ether oxygens (including phenoxy) is 1. The van der Waals surface area contributed by atoms with Crippen molar-refractivity contribution in [3.8, 4) is 0 Å². The van der Waals surface area contributed by atoms with Gasteiger partial charge in [0.2, 0.25) is 0 Å². The Hall–Kier alpha value is -2.15. The molecule has 0 atom stereocenters. The SMILES string of the molecule is CC(C)(C)OC(=O)N(CCCCCCCCCCCCCCCCBr)c1ccc(C(=O)n2ccnc2)cc1. The Labute approximate surface area is 238 Å². The van der Waals surface area contributed by atoms with Crippen LogP contribution in [0.4, 0.5) is 10.5 Å². The molecule has 1 amide bonds. The van der Waals surface area contributed by atoms with Crippen LogP contribution in [-0.2, 0) is 4.74 Å². The van der Waals surface area contributed by atoms with E-state index in [-0.39, 0.29) is 12.0 Å². The van der Waals surface area contributed by atoms with Crippen molar-refractivity contribution in [1.82, 2.24) is 9.55 Å². The van der Waals surface area contributed by atoms with Crippen LogP contribution in [0.1, 0.15) is 121 Å². The molecule has 38 heavy (non-hydrogen) atoms. The van der Waals surface area contributed by atoms with Crippen molar-refractivity contribution >= 4 is 33.6 Å². The second-order valence-electron chi connectivity index (χ2n) is 11.1. The quantitative estimate of drug-likeness (QED) is 0.128. The number of carbonyl (C=O) groups is 2. The zero-order valence-corrected chi connectivity index (χ0v) is 25.4. The molecular weight excluding hydrogens is 542 g/mol. The summed E-state index contributed by atoms with van der Waals surface area (Å²) in [5, 5.41) is 1.14. The van der Waals surface area contributed by atoms with Gasteiger partial charge in [-0.1, -0.05) is 93.0 Å². The van der Waals surface area contributed by atoms with Gasteiger partial charge in [-0.25, -0.2) is 9.78 Å². The lowest BCUT2D eigenvalue weighted by Crippen LogP contribution is -2.37. The van der Waals surface area contributed by atoms with Gasteiger partial charge in [0.1, 0.15) is 11.9 Å². The number of anilines is 1. The van der Waals surface area contributed by atoms with E-state index in [9.17, 15) is 9.59 Å². The van der Waals surface area contributed by atoms with Gasteiger partial charge in [-0.05, 0) is 57.9 Å². The standard InChI is InChI=1S/C31H48BrN3O3/c1-31(2,3)38-30(37)35(28-20-18-27(19-21-28)29(36)34-25-23-33-26-34)24-17-15-13-11-9-7-5-4-6-8-10-12-14-16-22-32/h18-21,23,25-26H,4-17,22,24H2,1-3H3. The monoisotopic (exact) mass is 589 g/mol. The highest BCUT2D eigenvalue weighted by Gasteiger charge is 2.23. The molecule has 0 saturated heterocycles. The molecule has 6 nitrogen and oxygen atoms in total. The predicted octanol–water partition coefficient (Wildman–Crippen LogP) is 9.17. The largest absolute Gasteiger partial charge is 0.443 e.